The Labute approximate surface area is 197 Å². The van der Waals surface area contributed by atoms with Gasteiger partial charge in [-0.05, 0) is 48.5 Å². The van der Waals surface area contributed by atoms with Gasteiger partial charge in [-0.2, -0.15) is 0 Å². The van der Waals surface area contributed by atoms with Crippen LogP contribution in [0.4, 0.5) is 20.6 Å². The highest BCUT2D eigenvalue weighted by Crippen LogP contribution is 2.38. The Morgan fingerprint density at radius 3 is 2.06 bits per heavy atom. The van der Waals surface area contributed by atoms with Crippen LogP contribution in [0.5, 0.6) is 17.2 Å². The molecule has 0 unspecified atom stereocenters. The van der Waals surface area contributed by atoms with Crippen LogP contribution in [0.2, 0.25) is 0 Å². The molecule has 0 aliphatic carbocycles. The lowest BCUT2D eigenvalue weighted by Gasteiger charge is -2.23. The number of para-hydroxylation sites is 1. The minimum atomic E-state index is -0.417. The Morgan fingerprint density at radius 2 is 1.50 bits per heavy atom. The lowest BCUT2D eigenvalue weighted by Crippen LogP contribution is -2.41. The van der Waals surface area contributed by atoms with Crippen molar-refractivity contribution in [3.05, 3.63) is 78.1 Å². The fraction of sp³-hybridized carbons (Fsp3) is 0.200. The van der Waals surface area contributed by atoms with Gasteiger partial charge in [0.15, 0.2) is 11.5 Å². The first-order chi connectivity index (χ1) is 16.5. The molecule has 0 atom stereocenters. The normalized spacial score (nSPS) is 10.2. The second kappa shape index (κ2) is 11.6. The summed E-state index contributed by atoms with van der Waals surface area (Å²) in [6, 6.07) is 17.2. The lowest BCUT2D eigenvalue weighted by atomic mass is 10.1. The number of anilines is 2. The van der Waals surface area contributed by atoms with E-state index in [1.807, 2.05) is 6.07 Å². The second-order valence-corrected chi connectivity index (χ2v) is 7.09. The molecule has 0 aromatic heterocycles. The molecule has 3 amide bonds. The van der Waals surface area contributed by atoms with Gasteiger partial charge >= 0.3 is 6.03 Å². The molecule has 9 heteroatoms. The quantitative estimate of drug-likeness (QED) is 0.489. The van der Waals surface area contributed by atoms with E-state index in [1.165, 1.54) is 62.6 Å². The van der Waals surface area contributed by atoms with Crippen molar-refractivity contribution in [2.45, 2.75) is 0 Å². The zero-order valence-electron chi connectivity index (χ0n) is 19.1. The number of amides is 3. The van der Waals surface area contributed by atoms with E-state index in [0.29, 0.717) is 34.2 Å². The number of benzene rings is 3. The molecule has 8 nitrogen and oxygen atoms in total. The molecule has 0 fully saturated rings. The minimum Gasteiger partial charge on any atom is -0.493 e. The van der Waals surface area contributed by atoms with Gasteiger partial charge in [-0.15, -0.1) is 0 Å². The number of carbonyl (C=O) groups excluding carboxylic acids is 2. The Morgan fingerprint density at radius 1 is 0.882 bits per heavy atom. The number of hydrogen-bond acceptors (Lipinski definition) is 5. The van der Waals surface area contributed by atoms with E-state index in [1.54, 1.807) is 24.3 Å². The lowest BCUT2D eigenvalue weighted by molar-refractivity contribution is 0.0953. The molecule has 0 bridgehead atoms. The van der Waals surface area contributed by atoms with E-state index >= 15 is 0 Å². The van der Waals surface area contributed by atoms with Gasteiger partial charge in [0.05, 0.1) is 21.3 Å². The van der Waals surface area contributed by atoms with E-state index in [2.05, 4.69) is 10.6 Å². The number of ether oxygens (including phenoxy) is 3. The topological polar surface area (TPSA) is 89.1 Å². The highest BCUT2D eigenvalue weighted by Gasteiger charge is 2.19. The molecule has 3 aromatic carbocycles. The zero-order valence-corrected chi connectivity index (χ0v) is 19.1. The maximum atomic E-state index is 13.4. The van der Waals surface area contributed by atoms with E-state index in [9.17, 15) is 14.0 Å². The van der Waals surface area contributed by atoms with Crippen molar-refractivity contribution in [1.82, 2.24) is 5.32 Å². The molecule has 3 aromatic rings. The van der Waals surface area contributed by atoms with Crippen LogP contribution in [-0.4, -0.2) is 46.4 Å². The number of rotatable bonds is 9. The van der Waals surface area contributed by atoms with Gasteiger partial charge in [-0.1, -0.05) is 18.2 Å². The standard InChI is InChI=1S/C25H26FN3O5/c1-32-21-15-17(16-22(33-2)23(21)34-3)24(30)27-13-14-29(20-11-9-18(26)10-12-20)25(31)28-19-7-5-4-6-8-19/h4-12,15-16H,13-14H2,1-3H3,(H,27,30)(H,28,31). The SMILES string of the molecule is COc1cc(C(=O)NCCN(C(=O)Nc2ccccc2)c2ccc(F)cc2)cc(OC)c1OC. The Bertz CT molecular complexity index is 1100. The number of carbonyl (C=O) groups is 2. The third kappa shape index (κ3) is 5.94. The van der Waals surface area contributed by atoms with Crippen LogP contribution < -0.4 is 29.7 Å². The van der Waals surface area contributed by atoms with Crippen molar-refractivity contribution < 1.29 is 28.2 Å². The van der Waals surface area contributed by atoms with Crippen molar-refractivity contribution in [3.8, 4) is 17.2 Å². The van der Waals surface area contributed by atoms with Crippen LogP contribution >= 0.6 is 0 Å². The molecule has 0 saturated carbocycles. The van der Waals surface area contributed by atoms with Gasteiger partial charge < -0.3 is 24.8 Å². The fourth-order valence-corrected chi connectivity index (χ4v) is 3.28. The van der Waals surface area contributed by atoms with E-state index in [4.69, 9.17) is 14.2 Å². The van der Waals surface area contributed by atoms with Crippen LogP contribution in [0.1, 0.15) is 10.4 Å². The molecule has 0 aliphatic heterocycles. The number of methoxy groups -OCH3 is 3. The first kappa shape index (κ1) is 24.4. The van der Waals surface area contributed by atoms with Crippen LogP contribution in [0.25, 0.3) is 0 Å². The maximum absolute atomic E-state index is 13.4. The van der Waals surface area contributed by atoms with Gasteiger partial charge in [0.2, 0.25) is 5.75 Å². The molecular formula is C25H26FN3O5. The molecule has 0 spiro atoms. The summed E-state index contributed by atoms with van der Waals surface area (Å²) in [4.78, 5) is 27.1. The summed E-state index contributed by atoms with van der Waals surface area (Å²) < 4.78 is 29.3. The van der Waals surface area contributed by atoms with Crippen molar-refractivity contribution in [2.75, 3.05) is 44.6 Å². The maximum Gasteiger partial charge on any atom is 0.326 e. The third-order valence-corrected chi connectivity index (χ3v) is 4.96. The zero-order chi connectivity index (χ0) is 24.5. The summed E-state index contributed by atoms with van der Waals surface area (Å²) in [5, 5.41) is 5.58. The van der Waals surface area contributed by atoms with Crippen molar-refractivity contribution >= 4 is 23.3 Å². The summed E-state index contributed by atoms with van der Waals surface area (Å²) in [5.41, 5.74) is 1.40. The summed E-state index contributed by atoms with van der Waals surface area (Å²) in [6.07, 6.45) is 0. The van der Waals surface area contributed by atoms with Crippen LogP contribution in [0.15, 0.2) is 66.7 Å². The molecule has 178 valence electrons. The van der Waals surface area contributed by atoms with Gasteiger partial charge in [-0.3, -0.25) is 9.69 Å². The molecule has 0 heterocycles. The second-order valence-electron chi connectivity index (χ2n) is 7.09. The fourth-order valence-electron chi connectivity index (χ4n) is 3.28. The van der Waals surface area contributed by atoms with Gasteiger partial charge in [0.1, 0.15) is 5.82 Å². The Kier molecular flexibility index (Phi) is 8.28. The van der Waals surface area contributed by atoms with Crippen molar-refractivity contribution in [3.63, 3.8) is 0 Å². The minimum absolute atomic E-state index is 0.134. The largest absolute Gasteiger partial charge is 0.493 e. The molecule has 0 saturated heterocycles. The third-order valence-electron chi connectivity index (χ3n) is 4.96. The summed E-state index contributed by atoms with van der Waals surface area (Å²) in [5.74, 6) is 0.274. The Balaban J connectivity index is 1.73. The number of halogens is 1. The number of nitrogens with one attached hydrogen (secondary N) is 2. The number of urea groups is 1. The van der Waals surface area contributed by atoms with E-state index in [0.717, 1.165) is 0 Å². The molecule has 34 heavy (non-hydrogen) atoms. The predicted molar refractivity (Wildman–Crippen MR) is 128 cm³/mol. The summed E-state index contributed by atoms with van der Waals surface area (Å²) in [6.45, 7) is 0.273. The molecular weight excluding hydrogens is 441 g/mol. The molecule has 2 N–H and O–H groups in total. The molecule has 0 radical (unpaired) electrons. The highest BCUT2D eigenvalue weighted by atomic mass is 19.1. The van der Waals surface area contributed by atoms with E-state index in [-0.39, 0.29) is 19.0 Å². The van der Waals surface area contributed by atoms with Crippen LogP contribution in [0, 0.1) is 5.82 Å². The van der Waals surface area contributed by atoms with Gasteiger partial charge in [-0.25, -0.2) is 9.18 Å². The summed E-state index contributed by atoms with van der Waals surface area (Å²) >= 11 is 0. The average molecular weight is 467 g/mol. The van der Waals surface area contributed by atoms with Gasteiger partial charge in [0, 0.05) is 30.0 Å². The average Bonchev–Trinajstić information content (AvgIpc) is 2.86. The van der Waals surface area contributed by atoms with Crippen molar-refractivity contribution in [2.24, 2.45) is 0 Å². The van der Waals surface area contributed by atoms with Gasteiger partial charge in [0.25, 0.3) is 5.91 Å². The van der Waals surface area contributed by atoms with E-state index < -0.39 is 11.8 Å². The highest BCUT2D eigenvalue weighted by molar-refractivity contribution is 6.02. The Hall–Kier alpha value is -4.27. The molecule has 3 rings (SSSR count). The first-order valence-corrected chi connectivity index (χ1v) is 10.4. The first-order valence-electron chi connectivity index (χ1n) is 10.4. The monoisotopic (exact) mass is 467 g/mol. The predicted octanol–water partition coefficient (Wildman–Crippen LogP) is 4.32. The van der Waals surface area contributed by atoms with Crippen molar-refractivity contribution in [1.29, 1.82) is 0 Å². The number of nitrogens with zero attached hydrogens (tertiary/aromatic N) is 1. The van der Waals surface area contributed by atoms with Crippen LogP contribution in [-0.2, 0) is 0 Å². The molecule has 0 aliphatic rings. The smallest absolute Gasteiger partial charge is 0.326 e. The summed E-state index contributed by atoms with van der Waals surface area (Å²) in [7, 11) is 4.40. The number of hydrogen-bond donors (Lipinski definition) is 2. The van der Waals surface area contributed by atoms with Crippen LogP contribution in [0.3, 0.4) is 0 Å².